The number of hydrogen-bond acceptors (Lipinski definition) is 4. The third-order valence-corrected chi connectivity index (χ3v) is 4.96. The summed E-state index contributed by atoms with van der Waals surface area (Å²) in [6, 6.07) is 14.5. The average Bonchev–Trinajstić information content (AvgIpc) is 2.85. The van der Waals surface area contributed by atoms with E-state index < -0.39 is 12.0 Å². The van der Waals surface area contributed by atoms with Crippen molar-refractivity contribution in [2.75, 3.05) is 25.0 Å². The first-order valence-corrected chi connectivity index (χ1v) is 9.39. The molecule has 156 valence electrons. The van der Waals surface area contributed by atoms with Gasteiger partial charge in [0.05, 0.1) is 12.1 Å². The Balaban J connectivity index is 1.52. The van der Waals surface area contributed by atoms with E-state index in [0.717, 1.165) is 24.1 Å². The molecular formula is C21H23F3N2O3. The van der Waals surface area contributed by atoms with Gasteiger partial charge in [0.1, 0.15) is 5.75 Å². The molecule has 2 aromatic carbocycles. The van der Waals surface area contributed by atoms with Gasteiger partial charge >= 0.3 is 6.36 Å². The molecule has 1 amide bonds. The summed E-state index contributed by atoms with van der Waals surface area (Å²) in [6.07, 6.45) is -2.86. The van der Waals surface area contributed by atoms with E-state index >= 15 is 0 Å². The van der Waals surface area contributed by atoms with Crippen LogP contribution in [0.1, 0.15) is 24.8 Å². The number of alkyl halides is 3. The lowest BCUT2D eigenvalue weighted by atomic mass is 9.87. The molecule has 2 aromatic rings. The zero-order chi connectivity index (χ0) is 20.9. The van der Waals surface area contributed by atoms with Crippen molar-refractivity contribution in [2.45, 2.75) is 31.2 Å². The van der Waals surface area contributed by atoms with E-state index in [1.807, 2.05) is 35.2 Å². The highest BCUT2D eigenvalue weighted by Gasteiger charge is 2.32. The summed E-state index contributed by atoms with van der Waals surface area (Å²) < 4.78 is 40.4. The predicted octanol–water partition coefficient (Wildman–Crippen LogP) is 3.90. The number of ether oxygens (including phenoxy) is 1. The lowest BCUT2D eigenvalue weighted by Crippen LogP contribution is -2.35. The van der Waals surface area contributed by atoms with Gasteiger partial charge < -0.3 is 15.2 Å². The highest BCUT2D eigenvalue weighted by atomic mass is 19.4. The summed E-state index contributed by atoms with van der Waals surface area (Å²) in [7, 11) is 0. The number of likely N-dealkylation sites (tertiary alicyclic amines) is 1. The summed E-state index contributed by atoms with van der Waals surface area (Å²) in [5.41, 5.74) is 0.369. The number of halogens is 3. The Morgan fingerprint density at radius 3 is 2.41 bits per heavy atom. The maximum absolute atomic E-state index is 12.3. The lowest BCUT2D eigenvalue weighted by molar-refractivity contribution is -0.274. The van der Waals surface area contributed by atoms with Crippen molar-refractivity contribution in [3.63, 3.8) is 0 Å². The van der Waals surface area contributed by atoms with Crippen LogP contribution in [0.5, 0.6) is 5.75 Å². The molecule has 0 spiro atoms. The van der Waals surface area contributed by atoms with Crippen LogP contribution in [0.2, 0.25) is 0 Å². The first-order valence-electron chi connectivity index (χ1n) is 9.39. The van der Waals surface area contributed by atoms with Crippen LogP contribution in [-0.2, 0) is 10.4 Å². The fraction of sp³-hybridized carbons (Fsp3) is 0.381. The van der Waals surface area contributed by atoms with Crippen molar-refractivity contribution in [1.29, 1.82) is 0 Å². The Labute approximate surface area is 167 Å². The molecule has 29 heavy (non-hydrogen) atoms. The fourth-order valence-electron chi connectivity index (χ4n) is 3.51. The van der Waals surface area contributed by atoms with E-state index in [-0.39, 0.29) is 18.2 Å². The minimum absolute atomic E-state index is 0.145. The Bertz CT molecular complexity index is 812. The van der Waals surface area contributed by atoms with Crippen molar-refractivity contribution in [2.24, 2.45) is 0 Å². The number of carbonyl (C=O) groups is 1. The van der Waals surface area contributed by atoms with E-state index in [0.29, 0.717) is 31.6 Å². The second-order valence-electron chi connectivity index (χ2n) is 7.15. The van der Waals surface area contributed by atoms with Crippen LogP contribution < -0.4 is 10.1 Å². The van der Waals surface area contributed by atoms with E-state index in [1.165, 1.54) is 12.1 Å². The molecular weight excluding hydrogens is 385 g/mol. The molecule has 5 nitrogen and oxygen atoms in total. The number of anilines is 1. The number of amides is 1. The van der Waals surface area contributed by atoms with Crippen LogP contribution >= 0.6 is 0 Å². The van der Waals surface area contributed by atoms with Gasteiger partial charge in [-0.3, -0.25) is 9.69 Å². The zero-order valence-corrected chi connectivity index (χ0v) is 15.8. The van der Waals surface area contributed by atoms with E-state index in [2.05, 4.69) is 10.1 Å². The standard InChI is InChI=1S/C21H23F3N2O3/c22-21(23,24)29-18-9-7-17(8-10-18)25-19(27)15-26-13-4-11-20(28,12-14-26)16-5-2-1-3-6-16/h1-3,5-10,28H,4,11-15H2,(H,25,27)/t20-/m1/s1. The first kappa shape index (κ1) is 21.1. The Morgan fingerprint density at radius 1 is 1.07 bits per heavy atom. The largest absolute Gasteiger partial charge is 0.573 e. The third kappa shape index (κ3) is 6.20. The van der Waals surface area contributed by atoms with Gasteiger partial charge in [-0.1, -0.05) is 30.3 Å². The second-order valence-corrected chi connectivity index (χ2v) is 7.15. The Kier molecular flexibility index (Phi) is 6.44. The quantitative estimate of drug-likeness (QED) is 0.788. The maximum atomic E-state index is 12.3. The van der Waals surface area contributed by atoms with Crippen LogP contribution in [0.25, 0.3) is 0 Å². The van der Waals surface area contributed by atoms with Crippen LogP contribution in [-0.4, -0.2) is 41.9 Å². The van der Waals surface area contributed by atoms with E-state index in [1.54, 1.807) is 0 Å². The molecule has 0 saturated carbocycles. The summed E-state index contributed by atoms with van der Waals surface area (Å²) in [4.78, 5) is 14.3. The first-order chi connectivity index (χ1) is 13.7. The summed E-state index contributed by atoms with van der Waals surface area (Å²) in [5, 5.41) is 13.7. The minimum Gasteiger partial charge on any atom is -0.406 e. The predicted molar refractivity (Wildman–Crippen MR) is 102 cm³/mol. The molecule has 0 unspecified atom stereocenters. The normalized spacial score (nSPS) is 20.7. The average molecular weight is 408 g/mol. The monoisotopic (exact) mass is 408 g/mol. The SMILES string of the molecule is O=C(CN1CCC[C@](O)(c2ccccc2)CC1)Nc1ccc(OC(F)(F)F)cc1. The zero-order valence-electron chi connectivity index (χ0n) is 15.8. The van der Waals surface area contributed by atoms with Gasteiger partial charge in [0.15, 0.2) is 0 Å². The second kappa shape index (κ2) is 8.84. The molecule has 8 heteroatoms. The molecule has 3 rings (SSSR count). The minimum atomic E-state index is -4.75. The molecule has 1 aliphatic heterocycles. The van der Waals surface area contributed by atoms with Crippen LogP contribution in [0, 0.1) is 0 Å². The van der Waals surface area contributed by atoms with E-state index in [9.17, 15) is 23.1 Å². The van der Waals surface area contributed by atoms with Crippen molar-refractivity contribution < 1.29 is 27.8 Å². The summed E-state index contributed by atoms with van der Waals surface area (Å²) >= 11 is 0. The number of aliphatic hydroxyl groups is 1. The molecule has 1 saturated heterocycles. The third-order valence-electron chi connectivity index (χ3n) is 4.96. The molecule has 1 atom stereocenters. The van der Waals surface area contributed by atoms with Gasteiger partial charge in [-0.25, -0.2) is 0 Å². The molecule has 1 aliphatic rings. The van der Waals surface area contributed by atoms with Gasteiger partial charge in [0.2, 0.25) is 5.91 Å². The van der Waals surface area contributed by atoms with Crippen molar-refractivity contribution >= 4 is 11.6 Å². The van der Waals surface area contributed by atoms with Gasteiger partial charge in [-0.2, -0.15) is 0 Å². The van der Waals surface area contributed by atoms with Crippen LogP contribution in [0.15, 0.2) is 54.6 Å². The van der Waals surface area contributed by atoms with Crippen molar-refractivity contribution in [3.05, 3.63) is 60.2 Å². The van der Waals surface area contributed by atoms with Gasteiger partial charge in [-0.05, 0) is 55.6 Å². The molecule has 0 radical (unpaired) electrons. The van der Waals surface area contributed by atoms with Gasteiger partial charge in [-0.15, -0.1) is 13.2 Å². The fourth-order valence-corrected chi connectivity index (χ4v) is 3.51. The molecule has 0 aliphatic carbocycles. The van der Waals surface area contributed by atoms with Gasteiger partial charge in [0, 0.05) is 12.2 Å². The topological polar surface area (TPSA) is 61.8 Å². The highest BCUT2D eigenvalue weighted by Crippen LogP contribution is 2.32. The molecule has 2 N–H and O–H groups in total. The Morgan fingerprint density at radius 2 is 1.76 bits per heavy atom. The van der Waals surface area contributed by atoms with Gasteiger partial charge in [0.25, 0.3) is 0 Å². The highest BCUT2D eigenvalue weighted by molar-refractivity contribution is 5.92. The van der Waals surface area contributed by atoms with Crippen LogP contribution in [0.3, 0.4) is 0 Å². The summed E-state index contributed by atoms with van der Waals surface area (Å²) in [5.74, 6) is -0.608. The van der Waals surface area contributed by atoms with Crippen molar-refractivity contribution in [1.82, 2.24) is 4.90 Å². The molecule has 0 aromatic heterocycles. The number of rotatable bonds is 5. The number of nitrogens with zero attached hydrogens (tertiary/aromatic N) is 1. The molecule has 0 bridgehead atoms. The van der Waals surface area contributed by atoms with Crippen molar-refractivity contribution in [3.8, 4) is 5.75 Å². The smallest absolute Gasteiger partial charge is 0.406 e. The number of hydrogen-bond donors (Lipinski definition) is 2. The van der Waals surface area contributed by atoms with E-state index in [4.69, 9.17) is 0 Å². The molecule has 1 fully saturated rings. The summed E-state index contributed by atoms with van der Waals surface area (Å²) in [6.45, 7) is 1.39. The number of benzene rings is 2. The number of carbonyl (C=O) groups excluding carboxylic acids is 1. The maximum Gasteiger partial charge on any atom is 0.573 e. The lowest BCUT2D eigenvalue weighted by Gasteiger charge is -2.27. The Hall–Kier alpha value is -2.58. The molecule has 1 heterocycles. The van der Waals surface area contributed by atoms with Crippen LogP contribution in [0.4, 0.5) is 18.9 Å². The number of nitrogens with one attached hydrogen (secondary N) is 1.